The van der Waals surface area contributed by atoms with Crippen LogP contribution < -0.4 is 0 Å². The summed E-state index contributed by atoms with van der Waals surface area (Å²) >= 11 is 0. The van der Waals surface area contributed by atoms with Crippen molar-refractivity contribution in [3.05, 3.63) is 0 Å². The van der Waals surface area contributed by atoms with Gasteiger partial charge < -0.3 is 15.1 Å². The van der Waals surface area contributed by atoms with E-state index in [1.165, 1.54) is 19.3 Å². The number of carbonyl (C=O) groups is 2. The first kappa shape index (κ1) is 19.2. The Morgan fingerprint density at radius 2 is 1.88 bits per heavy atom. The van der Waals surface area contributed by atoms with Crippen LogP contribution in [0.25, 0.3) is 0 Å². The topological polar surface area (TPSA) is 77.8 Å². The number of unbranched alkanes of at least 4 members (excludes halogenated alkanes) is 2. The van der Waals surface area contributed by atoms with Crippen LogP contribution in [0.4, 0.5) is 0 Å². The van der Waals surface area contributed by atoms with Crippen molar-refractivity contribution in [1.29, 1.82) is 0 Å². The molecule has 2 aliphatic rings. The minimum Gasteiger partial charge on any atom is -0.481 e. The molecule has 2 N–H and O–H groups in total. The summed E-state index contributed by atoms with van der Waals surface area (Å²) in [5.74, 6) is -0.0864. The predicted octanol–water partition coefficient (Wildman–Crippen LogP) is 3.34. The van der Waals surface area contributed by atoms with Crippen LogP contribution >= 0.6 is 0 Å². The fourth-order valence-electron chi connectivity index (χ4n) is 4.26. The molecule has 1 aliphatic carbocycles. The van der Waals surface area contributed by atoms with Gasteiger partial charge in [0.05, 0.1) is 6.10 Å². The van der Waals surface area contributed by atoms with E-state index in [-0.39, 0.29) is 18.4 Å². The second-order valence-electron chi connectivity index (χ2n) is 7.53. The highest BCUT2D eigenvalue weighted by Crippen LogP contribution is 2.29. The van der Waals surface area contributed by atoms with Gasteiger partial charge in [-0.15, -0.1) is 0 Å². The van der Waals surface area contributed by atoms with E-state index in [2.05, 4.69) is 0 Å². The second-order valence-corrected chi connectivity index (χ2v) is 7.53. The van der Waals surface area contributed by atoms with Gasteiger partial charge in [-0.1, -0.05) is 32.1 Å². The molecular weight excluding hydrogens is 306 g/mol. The monoisotopic (exact) mass is 339 g/mol. The Hall–Kier alpha value is -1.10. The molecule has 1 unspecified atom stereocenters. The van der Waals surface area contributed by atoms with Gasteiger partial charge in [-0.25, -0.2) is 0 Å². The third kappa shape index (κ3) is 6.08. The maximum Gasteiger partial charge on any atom is 0.303 e. The highest BCUT2D eigenvalue weighted by atomic mass is 16.4. The zero-order valence-electron chi connectivity index (χ0n) is 14.8. The maximum atomic E-state index is 12.1. The minimum atomic E-state index is -0.732. The number of likely N-dealkylation sites (tertiary alicyclic amines) is 1. The first-order chi connectivity index (χ1) is 11.6. The number of rotatable bonds is 10. The molecule has 1 amide bonds. The largest absolute Gasteiger partial charge is 0.481 e. The van der Waals surface area contributed by atoms with E-state index in [1.54, 1.807) is 0 Å². The minimum absolute atomic E-state index is 0.224. The number of nitrogens with zero attached hydrogens (tertiary/aromatic N) is 1. The first-order valence-electron chi connectivity index (χ1n) is 9.77. The van der Waals surface area contributed by atoms with Crippen LogP contribution in [0.1, 0.15) is 83.5 Å². The maximum absolute atomic E-state index is 12.1. The number of amides is 1. The van der Waals surface area contributed by atoms with Crippen LogP contribution in [0.3, 0.4) is 0 Å². The molecule has 138 valence electrons. The molecule has 5 heteroatoms. The van der Waals surface area contributed by atoms with Crippen LogP contribution in [-0.2, 0) is 9.59 Å². The highest BCUT2D eigenvalue weighted by molar-refractivity contribution is 5.78. The van der Waals surface area contributed by atoms with Crippen molar-refractivity contribution in [2.24, 2.45) is 5.92 Å². The van der Waals surface area contributed by atoms with Gasteiger partial charge in [0.2, 0.25) is 5.91 Å². The quantitative estimate of drug-likeness (QED) is 0.598. The summed E-state index contributed by atoms with van der Waals surface area (Å²) in [5.41, 5.74) is 0. The van der Waals surface area contributed by atoms with Gasteiger partial charge >= 0.3 is 5.97 Å². The Bertz CT molecular complexity index is 406. The van der Waals surface area contributed by atoms with Crippen LogP contribution in [0.15, 0.2) is 0 Å². The Morgan fingerprint density at radius 1 is 1.12 bits per heavy atom. The smallest absolute Gasteiger partial charge is 0.303 e. The van der Waals surface area contributed by atoms with Crippen LogP contribution in [-0.4, -0.2) is 45.7 Å². The average Bonchev–Trinajstić information content (AvgIpc) is 2.93. The summed E-state index contributed by atoms with van der Waals surface area (Å²) in [4.78, 5) is 24.6. The van der Waals surface area contributed by atoms with Gasteiger partial charge in [0.25, 0.3) is 0 Å². The van der Waals surface area contributed by atoms with E-state index >= 15 is 0 Å². The van der Waals surface area contributed by atoms with Crippen molar-refractivity contribution < 1.29 is 19.8 Å². The average molecular weight is 339 g/mol. The molecule has 24 heavy (non-hydrogen) atoms. The van der Waals surface area contributed by atoms with E-state index in [0.717, 1.165) is 44.9 Å². The Labute approximate surface area is 145 Å². The van der Waals surface area contributed by atoms with Gasteiger partial charge in [-0.3, -0.25) is 9.59 Å². The lowest BCUT2D eigenvalue weighted by molar-refractivity contribution is -0.137. The van der Waals surface area contributed by atoms with Gasteiger partial charge in [-0.05, 0) is 44.4 Å². The molecular formula is C19H33NO4. The summed E-state index contributed by atoms with van der Waals surface area (Å²) < 4.78 is 0. The summed E-state index contributed by atoms with van der Waals surface area (Å²) in [5, 5.41) is 19.1. The van der Waals surface area contributed by atoms with E-state index in [9.17, 15) is 14.7 Å². The lowest BCUT2D eigenvalue weighted by Gasteiger charge is -2.30. The van der Waals surface area contributed by atoms with Crippen molar-refractivity contribution in [2.45, 2.75) is 95.6 Å². The molecule has 1 aliphatic heterocycles. The number of hydrogen-bond acceptors (Lipinski definition) is 3. The summed E-state index contributed by atoms with van der Waals surface area (Å²) in [6.07, 6.45) is 11.8. The number of aliphatic hydroxyl groups is 1. The molecule has 1 heterocycles. The molecule has 0 aromatic carbocycles. The van der Waals surface area contributed by atoms with Crippen molar-refractivity contribution in [3.63, 3.8) is 0 Å². The van der Waals surface area contributed by atoms with Crippen LogP contribution in [0.5, 0.6) is 0 Å². The van der Waals surface area contributed by atoms with Gasteiger partial charge in [0.15, 0.2) is 0 Å². The van der Waals surface area contributed by atoms with Crippen molar-refractivity contribution >= 4 is 11.9 Å². The van der Waals surface area contributed by atoms with Gasteiger partial charge in [0, 0.05) is 25.4 Å². The fourth-order valence-corrected chi connectivity index (χ4v) is 4.26. The first-order valence-corrected chi connectivity index (χ1v) is 9.77. The van der Waals surface area contributed by atoms with Gasteiger partial charge in [0.1, 0.15) is 0 Å². The van der Waals surface area contributed by atoms with Crippen LogP contribution in [0, 0.1) is 5.92 Å². The van der Waals surface area contributed by atoms with E-state index in [1.807, 2.05) is 4.90 Å². The zero-order chi connectivity index (χ0) is 17.4. The van der Waals surface area contributed by atoms with Gasteiger partial charge in [-0.2, -0.15) is 0 Å². The summed E-state index contributed by atoms with van der Waals surface area (Å²) in [7, 11) is 0. The third-order valence-electron chi connectivity index (χ3n) is 5.74. The molecule has 0 bridgehead atoms. The van der Waals surface area contributed by atoms with E-state index in [0.29, 0.717) is 31.3 Å². The predicted molar refractivity (Wildman–Crippen MR) is 92.7 cm³/mol. The lowest BCUT2D eigenvalue weighted by atomic mass is 9.84. The Morgan fingerprint density at radius 3 is 2.58 bits per heavy atom. The standard InChI is InChI=1S/C19H33NO4/c21-17(15-7-3-1-4-8-15)13-14-20-16(11-12-18(20)22)9-5-2-6-10-19(23)24/h15-17,21H,1-14H2,(H,23,24)/t16?,17-/m0/s1. The molecule has 2 atom stereocenters. The zero-order valence-corrected chi connectivity index (χ0v) is 14.8. The number of aliphatic carboxylic acids is 1. The summed E-state index contributed by atoms with van der Waals surface area (Å²) in [6, 6.07) is 0.292. The summed E-state index contributed by atoms with van der Waals surface area (Å²) in [6.45, 7) is 0.677. The Balaban J connectivity index is 1.68. The van der Waals surface area contributed by atoms with Crippen molar-refractivity contribution in [2.75, 3.05) is 6.54 Å². The molecule has 0 spiro atoms. The van der Waals surface area contributed by atoms with E-state index in [4.69, 9.17) is 5.11 Å². The molecule has 0 radical (unpaired) electrons. The van der Waals surface area contributed by atoms with Crippen molar-refractivity contribution in [1.82, 2.24) is 4.90 Å². The normalized spacial score (nSPS) is 23.6. The molecule has 0 aromatic rings. The van der Waals surface area contributed by atoms with Crippen LogP contribution in [0.2, 0.25) is 0 Å². The highest BCUT2D eigenvalue weighted by Gasteiger charge is 2.31. The lowest BCUT2D eigenvalue weighted by Crippen LogP contribution is -2.36. The van der Waals surface area contributed by atoms with E-state index < -0.39 is 5.97 Å². The number of carboxylic acid groups (broad SMARTS) is 1. The second kappa shape index (κ2) is 10.0. The molecule has 1 saturated heterocycles. The van der Waals surface area contributed by atoms with Crippen molar-refractivity contribution in [3.8, 4) is 0 Å². The molecule has 5 nitrogen and oxygen atoms in total. The Kier molecular flexibility index (Phi) is 8.03. The number of carboxylic acids is 1. The molecule has 2 fully saturated rings. The SMILES string of the molecule is O=C(O)CCCCCC1CCC(=O)N1CC[C@H](O)C1CCCCC1. The molecule has 0 aromatic heterocycles. The number of hydrogen-bond donors (Lipinski definition) is 2. The molecule has 2 rings (SSSR count). The number of aliphatic hydroxyl groups excluding tert-OH is 1. The third-order valence-corrected chi connectivity index (χ3v) is 5.74. The molecule has 1 saturated carbocycles. The fraction of sp³-hybridized carbons (Fsp3) is 0.895. The number of carbonyl (C=O) groups excluding carboxylic acids is 1.